The summed E-state index contributed by atoms with van der Waals surface area (Å²) in [7, 11) is 1.57. The molecule has 0 amide bonds. The molecule has 6 heteroatoms. The van der Waals surface area contributed by atoms with Crippen LogP contribution in [0.4, 0.5) is 0 Å². The molecule has 14 heavy (non-hydrogen) atoms. The summed E-state index contributed by atoms with van der Waals surface area (Å²) in [6.07, 6.45) is 0.489. The molecular formula is C8H12N2O4. The van der Waals surface area contributed by atoms with E-state index in [9.17, 15) is 4.79 Å². The summed E-state index contributed by atoms with van der Waals surface area (Å²) in [5, 5.41) is 7.20. The van der Waals surface area contributed by atoms with E-state index in [-0.39, 0.29) is 12.5 Å². The number of rotatable bonds is 5. The number of hydrogen-bond donors (Lipinski definition) is 0. The van der Waals surface area contributed by atoms with Crippen molar-refractivity contribution >= 4 is 5.97 Å². The van der Waals surface area contributed by atoms with Gasteiger partial charge < -0.3 is 13.9 Å². The van der Waals surface area contributed by atoms with Gasteiger partial charge in [0.15, 0.2) is 0 Å². The summed E-state index contributed by atoms with van der Waals surface area (Å²) in [6.45, 7) is 2.47. The zero-order valence-corrected chi connectivity index (χ0v) is 8.15. The fourth-order valence-electron chi connectivity index (χ4n) is 0.819. The Balaban J connectivity index is 2.54. The fourth-order valence-corrected chi connectivity index (χ4v) is 0.819. The molecule has 0 unspecified atom stereocenters. The van der Waals surface area contributed by atoms with Gasteiger partial charge in [0.2, 0.25) is 5.89 Å². The lowest BCUT2D eigenvalue weighted by atomic mass is 10.5. The second-order valence-electron chi connectivity index (χ2n) is 2.46. The van der Waals surface area contributed by atoms with E-state index in [0.717, 1.165) is 0 Å². The minimum Gasteiger partial charge on any atom is -0.459 e. The highest BCUT2D eigenvalue weighted by Gasteiger charge is 2.15. The van der Waals surface area contributed by atoms with Crippen LogP contribution in [0.1, 0.15) is 23.5 Å². The van der Waals surface area contributed by atoms with Gasteiger partial charge in [-0.25, -0.2) is 4.79 Å². The van der Waals surface area contributed by atoms with E-state index in [2.05, 4.69) is 14.9 Å². The molecule has 0 aliphatic carbocycles. The summed E-state index contributed by atoms with van der Waals surface area (Å²) in [4.78, 5) is 11.1. The summed E-state index contributed by atoms with van der Waals surface area (Å²) in [6, 6.07) is 0. The largest absolute Gasteiger partial charge is 0.459 e. The first kappa shape index (κ1) is 10.6. The molecule has 1 aromatic rings. The van der Waals surface area contributed by atoms with Crippen molar-refractivity contribution in [1.82, 2.24) is 10.2 Å². The Morgan fingerprint density at radius 2 is 2.29 bits per heavy atom. The molecule has 1 aromatic heterocycles. The molecule has 78 valence electrons. The van der Waals surface area contributed by atoms with Crippen molar-refractivity contribution in [2.75, 3.05) is 20.3 Å². The summed E-state index contributed by atoms with van der Waals surface area (Å²) in [5.74, 6) is -0.337. The van der Waals surface area contributed by atoms with E-state index in [1.807, 2.05) is 0 Å². The normalized spacial score (nSPS) is 10.1. The molecule has 6 nitrogen and oxygen atoms in total. The fraction of sp³-hybridized carbons (Fsp3) is 0.625. The Hall–Kier alpha value is -1.43. The van der Waals surface area contributed by atoms with Crippen molar-refractivity contribution in [3.05, 3.63) is 11.8 Å². The zero-order chi connectivity index (χ0) is 10.4. The van der Waals surface area contributed by atoms with Gasteiger partial charge in [-0.2, -0.15) is 0 Å². The van der Waals surface area contributed by atoms with Gasteiger partial charge in [-0.1, -0.05) is 0 Å². The van der Waals surface area contributed by atoms with Gasteiger partial charge in [-0.15, -0.1) is 10.2 Å². The van der Waals surface area contributed by atoms with Crippen LogP contribution in [-0.4, -0.2) is 36.5 Å². The van der Waals surface area contributed by atoms with E-state index in [4.69, 9.17) is 9.15 Å². The van der Waals surface area contributed by atoms with Crippen LogP contribution in [0.5, 0.6) is 0 Å². The standard InChI is InChI=1S/C8H12N2O4/c1-3-13-8(11)7-10-9-6(14-7)4-5-12-2/h3-5H2,1-2H3. The van der Waals surface area contributed by atoms with Crippen LogP contribution in [0.3, 0.4) is 0 Å². The van der Waals surface area contributed by atoms with Crippen molar-refractivity contribution < 1.29 is 18.7 Å². The van der Waals surface area contributed by atoms with E-state index >= 15 is 0 Å². The third-order valence-electron chi connectivity index (χ3n) is 1.44. The zero-order valence-electron chi connectivity index (χ0n) is 8.15. The number of ether oxygens (including phenoxy) is 2. The van der Waals surface area contributed by atoms with Crippen LogP contribution in [-0.2, 0) is 15.9 Å². The van der Waals surface area contributed by atoms with E-state index in [1.54, 1.807) is 14.0 Å². The maximum absolute atomic E-state index is 11.1. The lowest BCUT2D eigenvalue weighted by Crippen LogP contribution is -2.04. The van der Waals surface area contributed by atoms with Gasteiger partial charge in [0.25, 0.3) is 0 Å². The number of carbonyl (C=O) groups excluding carboxylic acids is 1. The number of aromatic nitrogens is 2. The van der Waals surface area contributed by atoms with Crippen molar-refractivity contribution in [3.63, 3.8) is 0 Å². The van der Waals surface area contributed by atoms with Gasteiger partial charge in [-0.3, -0.25) is 0 Å². The third kappa shape index (κ3) is 2.81. The van der Waals surface area contributed by atoms with Crippen LogP contribution in [0.2, 0.25) is 0 Å². The Bertz CT molecular complexity index is 297. The highest BCUT2D eigenvalue weighted by molar-refractivity contribution is 5.83. The predicted molar refractivity (Wildman–Crippen MR) is 45.8 cm³/mol. The molecule has 0 spiro atoms. The Kier molecular flexibility index (Phi) is 4.06. The molecule has 0 atom stereocenters. The van der Waals surface area contributed by atoms with E-state index in [0.29, 0.717) is 18.9 Å². The molecule has 0 saturated heterocycles. The lowest BCUT2D eigenvalue weighted by Gasteiger charge is -1.94. The number of methoxy groups -OCH3 is 1. The minimum atomic E-state index is -0.594. The lowest BCUT2D eigenvalue weighted by molar-refractivity contribution is 0.0478. The first-order chi connectivity index (χ1) is 6.77. The van der Waals surface area contributed by atoms with Crippen molar-refractivity contribution in [2.45, 2.75) is 13.3 Å². The average molecular weight is 200 g/mol. The molecule has 0 radical (unpaired) electrons. The van der Waals surface area contributed by atoms with Crippen LogP contribution in [0.15, 0.2) is 4.42 Å². The van der Waals surface area contributed by atoms with Gasteiger partial charge in [0.05, 0.1) is 13.2 Å². The predicted octanol–water partition coefficient (Wildman–Crippen LogP) is 0.435. The highest BCUT2D eigenvalue weighted by Crippen LogP contribution is 2.02. The molecule has 0 N–H and O–H groups in total. The van der Waals surface area contributed by atoms with E-state index < -0.39 is 5.97 Å². The molecule has 0 saturated carbocycles. The van der Waals surface area contributed by atoms with Crippen LogP contribution >= 0.6 is 0 Å². The number of nitrogens with zero attached hydrogens (tertiary/aromatic N) is 2. The summed E-state index contributed by atoms with van der Waals surface area (Å²) >= 11 is 0. The third-order valence-corrected chi connectivity index (χ3v) is 1.44. The molecule has 1 rings (SSSR count). The Morgan fingerprint density at radius 1 is 1.50 bits per heavy atom. The molecule has 0 aliphatic heterocycles. The van der Waals surface area contributed by atoms with Gasteiger partial charge in [0, 0.05) is 13.5 Å². The molecule has 1 heterocycles. The molecule has 0 fully saturated rings. The monoisotopic (exact) mass is 200 g/mol. The number of hydrogen-bond acceptors (Lipinski definition) is 6. The highest BCUT2D eigenvalue weighted by atomic mass is 16.5. The van der Waals surface area contributed by atoms with Crippen molar-refractivity contribution in [2.24, 2.45) is 0 Å². The maximum Gasteiger partial charge on any atom is 0.396 e. The topological polar surface area (TPSA) is 74.5 Å². The Morgan fingerprint density at radius 3 is 2.93 bits per heavy atom. The van der Waals surface area contributed by atoms with E-state index in [1.165, 1.54) is 0 Å². The maximum atomic E-state index is 11.1. The Labute approximate surface area is 81.2 Å². The quantitative estimate of drug-likeness (QED) is 0.642. The minimum absolute atomic E-state index is 0.113. The molecule has 0 aromatic carbocycles. The number of esters is 1. The van der Waals surface area contributed by atoms with Gasteiger partial charge in [-0.05, 0) is 6.92 Å². The SMILES string of the molecule is CCOC(=O)c1nnc(CCOC)o1. The first-order valence-electron chi connectivity index (χ1n) is 4.26. The van der Waals surface area contributed by atoms with Gasteiger partial charge in [0.1, 0.15) is 0 Å². The summed E-state index contributed by atoms with van der Waals surface area (Å²) < 4.78 is 14.5. The second kappa shape index (κ2) is 5.33. The second-order valence-corrected chi connectivity index (χ2v) is 2.46. The van der Waals surface area contributed by atoms with Crippen LogP contribution < -0.4 is 0 Å². The molecule has 0 bridgehead atoms. The van der Waals surface area contributed by atoms with Crippen molar-refractivity contribution in [3.8, 4) is 0 Å². The van der Waals surface area contributed by atoms with Crippen LogP contribution in [0.25, 0.3) is 0 Å². The summed E-state index contributed by atoms with van der Waals surface area (Å²) in [5.41, 5.74) is 0. The number of carbonyl (C=O) groups is 1. The smallest absolute Gasteiger partial charge is 0.396 e. The molecule has 0 aliphatic rings. The average Bonchev–Trinajstić information content (AvgIpc) is 2.63. The van der Waals surface area contributed by atoms with Crippen LogP contribution in [0, 0.1) is 0 Å². The van der Waals surface area contributed by atoms with Gasteiger partial charge >= 0.3 is 11.9 Å². The van der Waals surface area contributed by atoms with Crippen molar-refractivity contribution in [1.29, 1.82) is 0 Å². The molecular weight excluding hydrogens is 188 g/mol. The first-order valence-corrected chi connectivity index (χ1v) is 4.26.